The molecule has 3 nitrogen and oxygen atoms in total. The first-order valence-corrected chi connectivity index (χ1v) is 5.69. The molecule has 0 amide bonds. The lowest BCUT2D eigenvalue weighted by molar-refractivity contribution is 0.631. The van der Waals surface area contributed by atoms with Crippen molar-refractivity contribution in [2.45, 2.75) is 13.3 Å². The lowest BCUT2D eigenvalue weighted by atomic mass is 10.1. The summed E-state index contributed by atoms with van der Waals surface area (Å²) in [5.74, 6) is 0.815. The lowest BCUT2D eigenvalue weighted by Crippen LogP contribution is -2.00. The normalized spacial score (nSPS) is 10.8. The van der Waals surface area contributed by atoms with Crippen LogP contribution in [-0.4, -0.2) is 9.55 Å². The highest BCUT2D eigenvalue weighted by atomic mass is 35.5. The molecule has 1 aromatic carbocycles. The number of rotatable bonds is 2. The minimum Gasteiger partial charge on any atom is -0.383 e. The van der Waals surface area contributed by atoms with Gasteiger partial charge in [-0.3, -0.25) is 0 Å². The summed E-state index contributed by atoms with van der Waals surface area (Å²) in [5.41, 5.74) is 6.60. The van der Waals surface area contributed by atoms with E-state index in [1.807, 2.05) is 6.92 Å². The summed E-state index contributed by atoms with van der Waals surface area (Å²) < 4.78 is 15.5. The van der Waals surface area contributed by atoms with Gasteiger partial charge in [0, 0.05) is 13.5 Å². The Morgan fingerprint density at radius 3 is 2.71 bits per heavy atom. The van der Waals surface area contributed by atoms with Crippen molar-refractivity contribution in [3.63, 3.8) is 0 Å². The summed E-state index contributed by atoms with van der Waals surface area (Å²) in [7, 11) is 1.80. The van der Waals surface area contributed by atoms with Crippen LogP contribution in [0.4, 0.5) is 10.2 Å². The predicted molar refractivity (Wildman–Crippen MR) is 67.4 cm³/mol. The highest BCUT2D eigenvalue weighted by Gasteiger charge is 2.18. The zero-order valence-corrected chi connectivity index (χ0v) is 10.4. The number of benzene rings is 1. The van der Waals surface area contributed by atoms with Gasteiger partial charge < -0.3 is 10.3 Å². The van der Waals surface area contributed by atoms with Crippen molar-refractivity contribution in [2.75, 3.05) is 5.73 Å². The summed E-state index contributed by atoms with van der Waals surface area (Å²) in [6.07, 6.45) is 0.729. The molecule has 0 atom stereocenters. The van der Waals surface area contributed by atoms with E-state index in [-0.39, 0.29) is 5.56 Å². The van der Waals surface area contributed by atoms with E-state index in [2.05, 4.69) is 4.98 Å². The third kappa shape index (κ3) is 1.89. The van der Waals surface area contributed by atoms with Crippen molar-refractivity contribution >= 4 is 17.4 Å². The van der Waals surface area contributed by atoms with Gasteiger partial charge in [-0.1, -0.05) is 24.6 Å². The fourth-order valence-electron chi connectivity index (χ4n) is 1.78. The molecular formula is C12H13ClFN3. The Kier molecular flexibility index (Phi) is 3.07. The van der Waals surface area contributed by atoms with E-state index in [1.54, 1.807) is 23.7 Å². The van der Waals surface area contributed by atoms with Gasteiger partial charge >= 0.3 is 0 Å². The van der Waals surface area contributed by atoms with Gasteiger partial charge in [-0.05, 0) is 12.1 Å². The van der Waals surface area contributed by atoms with Crippen LogP contribution in [0.3, 0.4) is 0 Å². The number of hydrogen-bond donors (Lipinski definition) is 1. The molecule has 1 heterocycles. The molecule has 2 N–H and O–H groups in total. The maximum Gasteiger partial charge on any atom is 0.134 e. The monoisotopic (exact) mass is 253 g/mol. The largest absolute Gasteiger partial charge is 0.383 e. The van der Waals surface area contributed by atoms with Gasteiger partial charge in [0.15, 0.2) is 0 Å². The first-order chi connectivity index (χ1) is 8.06. The molecule has 1 aromatic heterocycles. The molecule has 5 heteroatoms. The SMILES string of the molecule is CCc1nc(-c2c(F)cccc2Cl)c(N)n1C. The molecule has 17 heavy (non-hydrogen) atoms. The minimum absolute atomic E-state index is 0.266. The number of aryl methyl sites for hydroxylation is 1. The smallest absolute Gasteiger partial charge is 0.134 e. The number of imidazole rings is 1. The summed E-state index contributed by atoms with van der Waals surface area (Å²) in [6.45, 7) is 1.97. The van der Waals surface area contributed by atoms with Gasteiger partial charge in [-0.25, -0.2) is 9.37 Å². The number of nitrogens with two attached hydrogens (primary N) is 1. The molecule has 0 saturated heterocycles. The van der Waals surface area contributed by atoms with Crippen molar-refractivity contribution < 1.29 is 4.39 Å². The standard InChI is InChI=1S/C12H13ClFN3/c1-3-9-16-11(12(15)17(9)2)10-7(13)5-4-6-8(10)14/h4-6H,3,15H2,1-2H3. The van der Waals surface area contributed by atoms with Gasteiger partial charge in [-0.2, -0.15) is 0 Å². The van der Waals surface area contributed by atoms with Gasteiger partial charge in [0.1, 0.15) is 23.2 Å². The highest BCUT2D eigenvalue weighted by molar-refractivity contribution is 6.33. The molecule has 0 radical (unpaired) electrons. The summed E-state index contributed by atoms with van der Waals surface area (Å²) in [6, 6.07) is 4.53. The first-order valence-electron chi connectivity index (χ1n) is 5.31. The minimum atomic E-state index is -0.412. The average Bonchev–Trinajstić information content (AvgIpc) is 2.57. The number of hydrogen-bond acceptors (Lipinski definition) is 2. The molecule has 90 valence electrons. The van der Waals surface area contributed by atoms with E-state index in [9.17, 15) is 4.39 Å². The predicted octanol–water partition coefficient (Wildman–Crippen LogP) is 3.02. The van der Waals surface area contributed by atoms with E-state index in [4.69, 9.17) is 17.3 Å². The molecule has 0 saturated carbocycles. The molecule has 0 bridgehead atoms. The van der Waals surface area contributed by atoms with Crippen molar-refractivity contribution in [3.8, 4) is 11.3 Å². The van der Waals surface area contributed by atoms with Crippen molar-refractivity contribution in [1.82, 2.24) is 9.55 Å². The summed E-state index contributed by atoms with van der Waals surface area (Å²) in [5, 5.41) is 0.317. The van der Waals surface area contributed by atoms with Crippen molar-refractivity contribution in [2.24, 2.45) is 7.05 Å². The Labute approximate surface area is 104 Å². The van der Waals surface area contributed by atoms with Gasteiger partial charge in [0.2, 0.25) is 0 Å². The van der Waals surface area contributed by atoms with Crippen LogP contribution in [0, 0.1) is 5.82 Å². The highest BCUT2D eigenvalue weighted by Crippen LogP contribution is 2.33. The van der Waals surface area contributed by atoms with E-state index < -0.39 is 5.82 Å². The van der Waals surface area contributed by atoms with Gasteiger partial charge in [0.05, 0.1) is 10.6 Å². The van der Waals surface area contributed by atoms with Crippen molar-refractivity contribution in [1.29, 1.82) is 0 Å². The fraction of sp³-hybridized carbons (Fsp3) is 0.250. The zero-order chi connectivity index (χ0) is 12.6. The Bertz CT molecular complexity index is 543. The van der Waals surface area contributed by atoms with Crippen LogP contribution in [0.5, 0.6) is 0 Å². The van der Waals surface area contributed by atoms with Gasteiger partial charge in [0.25, 0.3) is 0 Å². The summed E-state index contributed by atoms with van der Waals surface area (Å²) in [4.78, 5) is 4.33. The number of anilines is 1. The average molecular weight is 254 g/mol. The van der Waals surface area contributed by atoms with E-state index >= 15 is 0 Å². The fourth-order valence-corrected chi connectivity index (χ4v) is 2.04. The molecule has 0 aliphatic rings. The second-order valence-electron chi connectivity index (χ2n) is 3.77. The second-order valence-corrected chi connectivity index (χ2v) is 4.18. The third-order valence-electron chi connectivity index (χ3n) is 2.75. The van der Waals surface area contributed by atoms with Crippen LogP contribution in [0.25, 0.3) is 11.3 Å². The van der Waals surface area contributed by atoms with Crippen molar-refractivity contribution in [3.05, 3.63) is 34.9 Å². The number of aromatic nitrogens is 2. The van der Waals surface area contributed by atoms with E-state index in [0.717, 1.165) is 12.2 Å². The molecule has 0 unspecified atom stereocenters. The molecule has 0 spiro atoms. The van der Waals surface area contributed by atoms with E-state index in [0.29, 0.717) is 16.5 Å². The number of halogens is 2. The second kappa shape index (κ2) is 4.37. The molecule has 2 rings (SSSR count). The topological polar surface area (TPSA) is 43.8 Å². The first kappa shape index (κ1) is 11.9. The van der Waals surface area contributed by atoms with Crippen LogP contribution in [0.2, 0.25) is 5.02 Å². The molecular weight excluding hydrogens is 241 g/mol. The quantitative estimate of drug-likeness (QED) is 0.894. The van der Waals surface area contributed by atoms with Crippen LogP contribution in [0.15, 0.2) is 18.2 Å². The molecule has 0 aliphatic heterocycles. The lowest BCUT2D eigenvalue weighted by Gasteiger charge is -2.04. The zero-order valence-electron chi connectivity index (χ0n) is 9.67. The number of nitrogens with zero attached hydrogens (tertiary/aromatic N) is 2. The van der Waals surface area contributed by atoms with Crippen LogP contribution in [0.1, 0.15) is 12.7 Å². The maximum atomic E-state index is 13.8. The Morgan fingerprint density at radius 2 is 2.18 bits per heavy atom. The Hall–Kier alpha value is -1.55. The molecule has 2 aromatic rings. The van der Waals surface area contributed by atoms with Crippen LogP contribution < -0.4 is 5.73 Å². The van der Waals surface area contributed by atoms with Gasteiger partial charge in [-0.15, -0.1) is 0 Å². The van der Waals surface area contributed by atoms with Crippen LogP contribution >= 0.6 is 11.6 Å². The number of nitrogen functional groups attached to an aromatic ring is 1. The Morgan fingerprint density at radius 1 is 1.47 bits per heavy atom. The molecule has 0 aliphatic carbocycles. The maximum absolute atomic E-state index is 13.8. The van der Waals surface area contributed by atoms with Crippen LogP contribution in [-0.2, 0) is 13.5 Å². The summed E-state index contributed by atoms with van der Waals surface area (Å²) >= 11 is 6.00. The van der Waals surface area contributed by atoms with E-state index in [1.165, 1.54) is 6.07 Å². The third-order valence-corrected chi connectivity index (χ3v) is 3.06. The Balaban J connectivity index is 2.69. The molecule has 0 fully saturated rings.